The van der Waals surface area contributed by atoms with Crippen LogP contribution in [0.5, 0.6) is 11.5 Å². The number of amides is 2. The topological polar surface area (TPSA) is 85.9 Å². The molecule has 0 aromatic heterocycles. The highest BCUT2D eigenvalue weighted by molar-refractivity contribution is 6.04. The normalized spacial score (nSPS) is 15.1. The second-order valence-electron chi connectivity index (χ2n) is 7.82. The van der Waals surface area contributed by atoms with Gasteiger partial charge in [-0.3, -0.25) is 0 Å². The van der Waals surface area contributed by atoms with Crippen LogP contribution in [0.4, 0.5) is 4.79 Å². The number of esters is 1. The molecule has 7 nitrogen and oxygen atoms in total. The molecule has 180 valence electrons. The highest BCUT2D eigenvalue weighted by Gasteiger charge is 2.34. The van der Waals surface area contributed by atoms with E-state index in [9.17, 15) is 9.59 Å². The van der Waals surface area contributed by atoms with Crippen molar-refractivity contribution in [2.75, 3.05) is 13.2 Å². The zero-order valence-corrected chi connectivity index (χ0v) is 19.7. The Morgan fingerprint density at radius 1 is 0.857 bits per heavy atom. The molecule has 0 aliphatic carbocycles. The van der Waals surface area contributed by atoms with Crippen molar-refractivity contribution in [2.24, 2.45) is 0 Å². The number of ether oxygens (including phenoxy) is 3. The third kappa shape index (κ3) is 5.63. The number of nitrogens with one attached hydrogen (secondary N) is 2. The third-order valence-corrected chi connectivity index (χ3v) is 5.47. The standard InChI is InChI=1S/C28H28N2O5/c1-3-33-23-17-21(15-16-22(23)35-18-19-11-7-5-8-12-19)26-24(27(31)34-4-2)25(29-28(32)30-26)20-13-9-6-10-14-20/h5-17,26H,3-4,18H2,1-2H3,(H2,29,30,32)/t26-/m1/s1. The van der Waals surface area contributed by atoms with E-state index in [-0.39, 0.29) is 6.61 Å². The summed E-state index contributed by atoms with van der Waals surface area (Å²) in [4.78, 5) is 25.7. The minimum Gasteiger partial charge on any atom is -0.490 e. The van der Waals surface area contributed by atoms with Gasteiger partial charge in [-0.2, -0.15) is 0 Å². The van der Waals surface area contributed by atoms with Crippen LogP contribution in [0.1, 0.15) is 36.6 Å². The summed E-state index contributed by atoms with van der Waals surface area (Å²) in [7, 11) is 0. The second-order valence-corrected chi connectivity index (χ2v) is 7.82. The van der Waals surface area contributed by atoms with Crippen LogP contribution in [0.2, 0.25) is 0 Å². The maximum absolute atomic E-state index is 13.1. The predicted octanol–water partition coefficient (Wildman–Crippen LogP) is 4.99. The lowest BCUT2D eigenvalue weighted by molar-refractivity contribution is -0.138. The van der Waals surface area contributed by atoms with Crippen molar-refractivity contribution < 1.29 is 23.8 Å². The lowest BCUT2D eigenvalue weighted by atomic mass is 9.92. The lowest BCUT2D eigenvalue weighted by Crippen LogP contribution is -2.45. The van der Waals surface area contributed by atoms with E-state index in [0.29, 0.717) is 47.1 Å². The molecule has 0 bridgehead atoms. The van der Waals surface area contributed by atoms with Gasteiger partial charge in [0.25, 0.3) is 0 Å². The van der Waals surface area contributed by atoms with Gasteiger partial charge >= 0.3 is 12.0 Å². The lowest BCUT2D eigenvalue weighted by Gasteiger charge is -2.30. The van der Waals surface area contributed by atoms with Crippen molar-refractivity contribution >= 4 is 17.7 Å². The van der Waals surface area contributed by atoms with Crippen molar-refractivity contribution in [3.05, 3.63) is 101 Å². The van der Waals surface area contributed by atoms with E-state index in [1.165, 1.54) is 0 Å². The van der Waals surface area contributed by atoms with Gasteiger partial charge in [0.15, 0.2) is 11.5 Å². The van der Waals surface area contributed by atoms with Crippen molar-refractivity contribution in [3.63, 3.8) is 0 Å². The molecule has 7 heteroatoms. The number of benzene rings is 3. The summed E-state index contributed by atoms with van der Waals surface area (Å²) in [5.41, 5.74) is 3.15. The number of urea groups is 1. The SMILES string of the molecule is CCOC(=O)C1=C(c2ccccc2)NC(=O)N[C@@H]1c1ccc(OCc2ccccc2)c(OCC)c1. The number of hydrogen-bond donors (Lipinski definition) is 2. The first-order valence-electron chi connectivity index (χ1n) is 11.6. The third-order valence-electron chi connectivity index (χ3n) is 5.47. The molecule has 0 saturated carbocycles. The minimum atomic E-state index is -0.736. The van der Waals surface area contributed by atoms with Gasteiger partial charge in [-0.05, 0) is 42.7 Å². The van der Waals surface area contributed by atoms with Gasteiger partial charge < -0.3 is 24.8 Å². The summed E-state index contributed by atoms with van der Waals surface area (Å²) in [6, 6.07) is 23.3. The van der Waals surface area contributed by atoms with E-state index >= 15 is 0 Å². The Hall–Kier alpha value is -4.26. The van der Waals surface area contributed by atoms with Gasteiger partial charge in [0.2, 0.25) is 0 Å². The monoisotopic (exact) mass is 472 g/mol. The average Bonchev–Trinajstić information content (AvgIpc) is 2.89. The summed E-state index contributed by atoms with van der Waals surface area (Å²) < 4.78 is 17.2. The molecule has 1 aliphatic heterocycles. The Bertz CT molecular complexity index is 1210. The molecular weight excluding hydrogens is 444 g/mol. The molecule has 2 amide bonds. The van der Waals surface area contributed by atoms with E-state index in [1.54, 1.807) is 19.1 Å². The van der Waals surface area contributed by atoms with Crippen LogP contribution in [0.15, 0.2) is 84.4 Å². The van der Waals surface area contributed by atoms with Crippen LogP contribution in [0.25, 0.3) is 5.70 Å². The molecule has 0 fully saturated rings. The zero-order chi connectivity index (χ0) is 24.6. The van der Waals surface area contributed by atoms with E-state index < -0.39 is 18.0 Å². The first-order chi connectivity index (χ1) is 17.1. The molecule has 1 aliphatic rings. The van der Waals surface area contributed by atoms with Crippen molar-refractivity contribution in [3.8, 4) is 11.5 Å². The summed E-state index contributed by atoms with van der Waals surface area (Å²) in [6.07, 6.45) is 0. The van der Waals surface area contributed by atoms with E-state index in [0.717, 1.165) is 5.56 Å². The Labute approximate surface area is 204 Å². The maximum atomic E-state index is 13.1. The summed E-state index contributed by atoms with van der Waals surface area (Å²) in [5, 5.41) is 5.65. The van der Waals surface area contributed by atoms with Crippen molar-refractivity contribution in [1.82, 2.24) is 10.6 Å². The minimum absolute atomic E-state index is 0.210. The van der Waals surface area contributed by atoms with Crippen LogP contribution < -0.4 is 20.1 Å². The number of hydrogen-bond acceptors (Lipinski definition) is 5. The quantitative estimate of drug-likeness (QED) is 0.429. The Morgan fingerprint density at radius 2 is 1.57 bits per heavy atom. The zero-order valence-electron chi connectivity index (χ0n) is 19.7. The van der Waals surface area contributed by atoms with Gasteiger partial charge in [0.05, 0.1) is 30.5 Å². The van der Waals surface area contributed by atoms with E-state index in [1.807, 2.05) is 73.7 Å². The van der Waals surface area contributed by atoms with Crippen LogP contribution in [0, 0.1) is 0 Å². The largest absolute Gasteiger partial charge is 0.490 e. The molecular formula is C28H28N2O5. The summed E-state index contributed by atoms with van der Waals surface area (Å²) in [6.45, 7) is 4.66. The molecule has 3 aromatic rings. The molecule has 0 unspecified atom stereocenters. The van der Waals surface area contributed by atoms with E-state index in [4.69, 9.17) is 14.2 Å². The molecule has 3 aromatic carbocycles. The molecule has 0 spiro atoms. The molecule has 1 atom stereocenters. The highest BCUT2D eigenvalue weighted by Crippen LogP contribution is 2.37. The van der Waals surface area contributed by atoms with Crippen molar-refractivity contribution in [1.29, 1.82) is 0 Å². The smallest absolute Gasteiger partial charge is 0.338 e. The maximum Gasteiger partial charge on any atom is 0.338 e. The fraction of sp³-hybridized carbons (Fsp3) is 0.214. The van der Waals surface area contributed by atoms with Gasteiger partial charge in [0, 0.05) is 0 Å². The first kappa shape index (κ1) is 23.9. The van der Waals surface area contributed by atoms with Gasteiger partial charge in [-0.15, -0.1) is 0 Å². The van der Waals surface area contributed by atoms with Crippen LogP contribution >= 0.6 is 0 Å². The molecule has 1 heterocycles. The second kappa shape index (κ2) is 11.2. The van der Waals surface area contributed by atoms with E-state index in [2.05, 4.69) is 10.6 Å². The molecule has 0 radical (unpaired) electrons. The summed E-state index contributed by atoms with van der Waals surface area (Å²) in [5.74, 6) is 0.592. The number of carbonyl (C=O) groups is 2. The Morgan fingerprint density at radius 3 is 2.26 bits per heavy atom. The van der Waals surface area contributed by atoms with Gasteiger partial charge in [-0.1, -0.05) is 66.7 Å². The van der Waals surface area contributed by atoms with Crippen LogP contribution in [0.3, 0.4) is 0 Å². The Kier molecular flexibility index (Phi) is 7.67. The predicted molar refractivity (Wildman–Crippen MR) is 133 cm³/mol. The highest BCUT2D eigenvalue weighted by atomic mass is 16.5. The number of carbonyl (C=O) groups excluding carboxylic acids is 2. The summed E-state index contributed by atoms with van der Waals surface area (Å²) >= 11 is 0. The molecule has 0 saturated heterocycles. The average molecular weight is 473 g/mol. The van der Waals surface area contributed by atoms with Crippen LogP contribution in [-0.4, -0.2) is 25.2 Å². The molecule has 4 rings (SSSR count). The Balaban J connectivity index is 1.73. The molecule has 35 heavy (non-hydrogen) atoms. The number of rotatable bonds is 9. The first-order valence-corrected chi connectivity index (χ1v) is 11.6. The van der Waals surface area contributed by atoms with Gasteiger partial charge in [-0.25, -0.2) is 9.59 Å². The van der Waals surface area contributed by atoms with Gasteiger partial charge in [0.1, 0.15) is 6.61 Å². The van der Waals surface area contributed by atoms with Crippen molar-refractivity contribution in [2.45, 2.75) is 26.5 Å². The fourth-order valence-corrected chi connectivity index (χ4v) is 3.90. The fourth-order valence-electron chi connectivity index (χ4n) is 3.90. The van der Waals surface area contributed by atoms with Crippen LogP contribution in [-0.2, 0) is 16.1 Å². The molecule has 2 N–H and O–H groups in total.